The second-order valence-corrected chi connectivity index (χ2v) is 10.4. The number of hydrogen-bond donors (Lipinski definition) is 3. The number of H-pyrrole nitrogens is 2. The third-order valence-corrected chi connectivity index (χ3v) is 8.13. The number of rotatable bonds is 8. The van der Waals surface area contributed by atoms with E-state index in [2.05, 4.69) is 27.4 Å². The lowest BCUT2D eigenvalue weighted by Gasteiger charge is -2.09. The molecule has 1 aromatic carbocycles. The van der Waals surface area contributed by atoms with E-state index in [0.29, 0.717) is 30.3 Å². The molecule has 6 nitrogen and oxygen atoms in total. The Morgan fingerprint density at radius 1 is 1.22 bits per heavy atom. The molecule has 0 spiro atoms. The van der Waals surface area contributed by atoms with Crippen molar-refractivity contribution in [2.75, 3.05) is 12.3 Å². The number of thioether (sulfide) groups is 1. The highest BCUT2D eigenvalue weighted by Gasteiger charge is 2.19. The molecular formula is C24H26N4O2S2. The van der Waals surface area contributed by atoms with Gasteiger partial charge in [-0.25, -0.2) is 4.98 Å². The number of carbonyl (C=O) groups is 1. The van der Waals surface area contributed by atoms with Crippen molar-refractivity contribution in [1.29, 1.82) is 0 Å². The van der Waals surface area contributed by atoms with Crippen LogP contribution in [0, 0.1) is 0 Å². The van der Waals surface area contributed by atoms with Gasteiger partial charge in [0.25, 0.3) is 5.56 Å². The summed E-state index contributed by atoms with van der Waals surface area (Å²) in [5, 5.41) is 5.02. The molecule has 0 fully saturated rings. The molecule has 0 atom stereocenters. The van der Waals surface area contributed by atoms with E-state index in [1.807, 2.05) is 18.3 Å². The lowest BCUT2D eigenvalue weighted by molar-refractivity contribution is -0.120. The van der Waals surface area contributed by atoms with Crippen LogP contribution in [0.1, 0.15) is 41.1 Å². The SMILES string of the molecule is O=C(CCSCc1nc2sc3c(c2c(=O)[nH]1)CCCC3)NCCc1c[nH]c2ccccc12. The predicted octanol–water partition coefficient (Wildman–Crippen LogP) is 4.33. The van der Waals surface area contributed by atoms with Gasteiger partial charge in [-0.1, -0.05) is 18.2 Å². The molecule has 0 saturated heterocycles. The lowest BCUT2D eigenvalue weighted by atomic mass is 9.97. The Bertz CT molecular complexity index is 1320. The largest absolute Gasteiger partial charge is 0.361 e. The lowest BCUT2D eigenvalue weighted by Crippen LogP contribution is -2.25. The molecule has 0 saturated carbocycles. The van der Waals surface area contributed by atoms with Crippen molar-refractivity contribution in [1.82, 2.24) is 20.3 Å². The van der Waals surface area contributed by atoms with Gasteiger partial charge in [0.05, 0.1) is 11.1 Å². The minimum absolute atomic E-state index is 0.0139. The van der Waals surface area contributed by atoms with Gasteiger partial charge in [-0.2, -0.15) is 11.8 Å². The molecule has 0 aliphatic heterocycles. The molecule has 3 heterocycles. The minimum Gasteiger partial charge on any atom is -0.361 e. The van der Waals surface area contributed by atoms with Crippen molar-refractivity contribution >= 4 is 50.1 Å². The van der Waals surface area contributed by atoms with E-state index in [1.165, 1.54) is 27.8 Å². The molecule has 5 rings (SSSR count). The number of aromatic nitrogens is 3. The number of thiophene rings is 1. The van der Waals surface area contributed by atoms with Gasteiger partial charge in [0.1, 0.15) is 10.7 Å². The van der Waals surface area contributed by atoms with E-state index in [9.17, 15) is 9.59 Å². The quantitative estimate of drug-likeness (QED) is 0.337. The Hall–Kier alpha value is -2.58. The Morgan fingerprint density at radius 2 is 2.09 bits per heavy atom. The highest BCUT2D eigenvalue weighted by atomic mass is 32.2. The molecule has 8 heteroatoms. The normalized spacial score (nSPS) is 13.5. The first-order valence-electron chi connectivity index (χ1n) is 11.1. The molecule has 1 aliphatic rings. The van der Waals surface area contributed by atoms with E-state index >= 15 is 0 Å². The van der Waals surface area contributed by atoms with E-state index in [-0.39, 0.29) is 11.5 Å². The molecule has 32 heavy (non-hydrogen) atoms. The molecule has 0 unspecified atom stereocenters. The number of aryl methyl sites for hydroxylation is 2. The molecule has 0 bridgehead atoms. The fourth-order valence-corrected chi connectivity index (χ4v) is 6.46. The molecule has 4 aromatic rings. The molecule has 0 radical (unpaired) electrons. The molecule has 3 N–H and O–H groups in total. The van der Waals surface area contributed by atoms with E-state index in [4.69, 9.17) is 4.98 Å². The van der Waals surface area contributed by atoms with E-state index < -0.39 is 0 Å². The van der Waals surface area contributed by atoms with Gasteiger partial charge in [-0.15, -0.1) is 11.3 Å². The predicted molar refractivity (Wildman–Crippen MR) is 133 cm³/mol. The topological polar surface area (TPSA) is 90.6 Å². The second-order valence-electron chi connectivity index (χ2n) is 8.17. The highest BCUT2D eigenvalue weighted by Crippen LogP contribution is 2.33. The van der Waals surface area contributed by atoms with E-state index in [1.54, 1.807) is 23.1 Å². The zero-order valence-electron chi connectivity index (χ0n) is 17.8. The summed E-state index contributed by atoms with van der Waals surface area (Å²) in [6.45, 7) is 0.625. The summed E-state index contributed by atoms with van der Waals surface area (Å²) in [4.78, 5) is 37.9. The van der Waals surface area contributed by atoms with Crippen LogP contribution >= 0.6 is 23.1 Å². The number of nitrogens with zero attached hydrogens (tertiary/aromatic N) is 1. The summed E-state index contributed by atoms with van der Waals surface area (Å²) >= 11 is 3.30. The van der Waals surface area contributed by atoms with Gasteiger partial charge in [0.2, 0.25) is 5.91 Å². The third-order valence-electron chi connectivity index (χ3n) is 5.98. The number of benzene rings is 1. The summed E-state index contributed by atoms with van der Waals surface area (Å²) in [7, 11) is 0. The molecule has 1 aliphatic carbocycles. The van der Waals surface area contributed by atoms with Crippen molar-refractivity contribution < 1.29 is 4.79 Å². The van der Waals surface area contributed by atoms with Crippen LogP contribution in [0.2, 0.25) is 0 Å². The Labute approximate surface area is 194 Å². The maximum Gasteiger partial charge on any atom is 0.259 e. The van der Waals surface area contributed by atoms with Crippen molar-refractivity contribution in [3.8, 4) is 0 Å². The fourth-order valence-electron chi connectivity index (χ4n) is 4.37. The van der Waals surface area contributed by atoms with Gasteiger partial charge in [-0.3, -0.25) is 9.59 Å². The highest BCUT2D eigenvalue weighted by molar-refractivity contribution is 7.98. The van der Waals surface area contributed by atoms with Crippen molar-refractivity contribution in [3.05, 3.63) is 62.6 Å². The van der Waals surface area contributed by atoms with Crippen LogP contribution in [-0.4, -0.2) is 33.2 Å². The van der Waals surface area contributed by atoms with Crippen LogP contribution in [0.25, 0.3) is 21.1 Å². The first kappa shape index (κ1) is 21.3. The number of para-hydroxylation sites is 1. The summed E-state index contributed by atoms with van der Waals surface area (Å²) in [6.07, 6.45) is 7.68. The van der Waals surface area contributed by atoms with Gasteiger partial charge < -0.3 is 15.3 Å². The monoisotopic (exact) mass is 466 g/mol. The van der Waals surface area contributed by atoms with Crippen LogP contribution in [0.4, 0.5) is 0 Å². The van der Waals surface area contributed by atoms with Crippen molar-refractivity contribution in [2.45, 2.75) is 44.3 Å². The Balaban J connectivity index is 1.08. The number of hydrogen-bond acceptors (Lipinski definition) is 5. The number of carbonyl (C=O) groups excluding carboxylic acids is 1. The third kappa shape index (κ3) is 4.47. The molecule has 3 aromatic heterocycles. The first-order chi connectivity index (χ1) is 15.7. The zero-order valence-corrected chi connectivity index (χ0v) is 19.5. The minimum atomic E-state index is -0.0139. The number of nitrogens with one attached hydrogen (secondary N) is 3. The van der Waals surface area contributed by atoms with Crippen LogP contribution in [0.5, 0.6) is 0 Å². The molecule has 1 amide bonds. The van der Waals surface area contributed by atoms with Crippen LogP contribution < -0.4 is 10.9 Å². The van der Waals surface area contributed by atoms with Gasteiger partial charge in [-0.05, 0) is 49.3 Å². The zero-order chi connectivity index (χ0) is 21.9. The maximum atomic E-state index is 12.6. The fraction of sp³-hybridized carbons (Fsp3) is 0.375. The van der Waals surface area contributed by atoms with Crippen LogP contribution in [0.3, 0.4) is 0 Å². The van der Waals surface area contributed by atoms with Gasteiger partial charge in [0.15, 0.2) is 0 Å². The average molecular weight is 467 g/mol. The van der Waals surface area contributed by atoms with Gasteiger partial charge in [0, 0.05) is 40.7 Å². The van der Waals surface area contributed by atoms with E-state index in [0.717, 1.165) is 41.4 Å². The second kappa shape index (κ2) is 9.50. The molecular weight excluding hydrogens is 440 g/mol. The first-order valence-corrected chi connectivity index (χ1v) is 13.1. The summed E-state index contributed by atoms with van der Waals surface area (Å²) < 4.78 is 0. The van der Waals surface area contributed by atoms with Crippen molar-refractivity contribution in [3.63, 3.8) is 0 Å². The molecule has 166 valence electrons. The van der Waals surface area contributed by atoms with Crippen molar-refractivity contribution in [2.24, 2.45) is 0 Å². The summed E-state index contributed by atoms with van der Waals surface area (Å²) in [5.41, 5.74) is 3.54. The summed E-state index contributed by atoms with van der Waals surface area (Å²) in [5.74, 6) is 2.06. The standard InChI is InChI=1S/C24H26N4O2S2/c29-21(25-11-9-15-13-26-18-7-3-1-5-16(15)18)10-12-31-14-20-27-23(30)22-17-6-2-4-8-19(17)32-24(22)28-20/h1,3,5,7,13,26H,2,4,6,8-12,14H2,(H,25,29)(H,27,28,30). The van der Waals surface area contributed by atoms with Crippen LogP contribution in [0.15, 0.2) is 35.3 Å². The van der Waals surface area contributed by atoms with Gasteiger partial charge >= 0.3 is 0 Å². The average Bonchev–Trinajstić information content (AvgIpc) is 3.38. The number of amides is 1. The smallest absolute Gasteiger partial charge is 0.259 e. The maximum absolute atomic E-state index is 12.6. The number of aromatic amines is 2. The summed E-state index contributed by atoms with van der Waals surface area (Å²) in [6, 6.07) is 8.20. The van der Waals surface area contributed by atoms with Crippen LogP contribution in [-0.2, 0) is 29.8 Å². The Morgan fingerprint density at radius 3 is 3.03 bits per heavy atom. The Kier molecular flexibility index (Phi) is 6.32. The number of fused-ring (bicyclic) bond motifs is 4.